The van der Waals surface area contributed by atoms with Crippen LogP contribution in [-0.2, 0) is 19.0 Å². The third-order valence-electron chi connectivity index (χ3n) is 7.87. The molecular weight excluding hydrogens is 426 g/mol. The Hall–Kier alpha value is -1.07. The molecule has 10 heteroatoms. The largest absolute Gasteiger partial charge is 0.466 e. The van der Waals surface area contributed by atoms with E-state index in [0.29, 0.717) is 17.8 Å². The van der Waals surface area contributed by atoms with E-state index in [0.717, 1.165) is 19.3 Å². The maximum atomic E-state index is 13.2. The Morgan fingerprint density at radius 3 is 2.35 bits per heavy atom. The molecule has 174 valence electrons. The summed E-state index contributed by atoms with van der Waals surface area (Å²) in [6.45, 7) is -0.680. The van der Waals surface area contributed by atoms with Gasteiger partial charge in [-0.15, -0.1) is 11.8 Å². The normalized spacial score (nSPS) is 47.3. The highest BCUT2D eigenvalue weighted by molar-refractivity contribution is 8.02. The molecule has 6 fully saturated rings. The molecule has 0 aromatic rings. The standard InChI is InChI=1S/C21H31NO8S/c1-28-18(26)21(31-20-5-10-2-11(6-20)4-12(3-10)7-20)8-14-15(22-19(27)29-14)17(30-21)16(25)13(24)9-23/h10-17,23-25H,2-9H2,1H3,(H,22,27)/t10?,11?,12?,13-,14+,15-,16-,17-,20?,21-/m1/s1. The number of ether oxygens (including phenoxy) is 3. The molecule has 2 heterocycles. The van der Waals surface area contributed by atoms with Gasteiger partial charge in [-0.2, -0.15) is 0 Å². The highest BCUT2D eigenvalue weighted by Crippen LogP contribution is 2.64. The van der Waals surface area contributed by atoms with E-state index < -0.39 is 54.1 Å². The summed E-state index contributed by atoms with van der Waals surface area (Å²) < 4.78 is 16.8. The highest BCUT2D eigenvalue weighted by atomic mass is 32.2. The van der Waals surface area contributed by atoms with Gasteiger partial charge < -0.3 is 34.8 Å². The molecule has 6 aliphatic rings. The Bertz CT molecular complexity index is 714. The Labute approximate surface area is 185 Å². The number of carbonyl (C=O) groups is 2. The third-order valence-corrected chi connectivity index (χ3v) is 9.56. The van der Waals surface area contributed by atoms with Crippen molar-refractivity contribution < 1.29 is 39.1 Å². The van der Waals surface area contributed by atoms with E-state index >= 15 is 0 Å². The molecule has 0 radical (unpaired) electrons. The minimum atomic E-state index is -1.51. The van der Waals surface area contributed by atoms with Crippen molar-refractivity contribution >= 4 is 23.8 Å². The zero-order valence-electron chi connectivity index (χ0n) is 17.6. The van der Waals surface area contributed by atoms with Gasteiger partial charge in [0.15, 0.2) is 0 Å². The lowest BCUT2D eigenvalue weighted by Crippen LogP contribution is -2.65. The second-order valence-corrected chi connectivity index (χ2v) is 11.8. The number of thioether (sulfide) groups is 1. The van der Waals surface area contributed by atoms with Gasteiger partial charge in [-0.05, 0) is 56.3 Å². The zero-order chi connectivity index (χ0) is 22.0. The number of hydrogen-bond donors (Lipinski definition) is 4. The number of nitrogens with one attached hydrogen (secondary N) is 1. The molecule has 6 rings (SSSR count). The second-order valence-electron chi connectivity index (χ2n) is 10.1. The Morgan fingerprint density at radius 2 is 1.81 bits per heavy atom. The molecule has 6 atom stereocenters. The van der Waals surface area contributed by atoms with Gasteiger partial charge in [-0.1, -0.05) is 0 Å². The first-order valence-electron chi connectivity index (χ1n) is 11.2. The van der Waals surface area contributed by atoms with Crippen LogP contribution in [0.5, 0.6) is 0 Å². The van der Waals surface area contributed by atoms with E-state index in [1.54, 1.807) is 0 Å². The van der Waals surface area contributed by atoms with Crippen molar-refractivity contribution in [1.29, 1.82) is 0 Å². The van der Waals surface area contributed by atoms with Gasteiger partial charge in [0.05, 0.1) is 19.8 Å². The van der Waals surface area contributed by atoms with Gasteiger partial charge in [0, 0.05) is 11.2 Å². The molecule has 0 unspecified atom stereocenters. The Kier molecular flexibility index (Phi) is 5.45. The molecule has 0 aromatic heterocycles. The predicted molar refractivity (Wildman–Crippen MR) is 109 cm³/mol. The number of amides is 1. The number of fused-ring (bicyclic) bond motifs is 1. The molecule has 2 saturated heterocycles. The fourth-order valence-electron chi connectivity index (χ4n) is 7.05. The number of hydrogen-bond acceptors (Lipinski definition) is 9. The minimum Gasteiger partial charge on any atom is -0.466 e. The van der Waals surface area contributed by atoms with Crippen LogP contribution >= 0.6 is 11.8 Å². The van der Waals surface area contributed by atoms with E-state index in [2.05, 4.69) is 5.32 Å². The Morgan fingerprint density at radius 1 is 1.19 bits per heavy atom. The molecule has 1 amide bonds. The average molecular weight is 458 g/mol. The van der Waals surface area contributed by atoms with E-state index in [9.17, 15) is 24.9 Å². The molecule has 4 N–H and O–H groups in total. The summed E-state index contributed by atoms with van der Waals surface area (Å²) in [5, 5.41) is 32.7. The smallest absolute Gasteiger partial charge is 0.407 e. The van der Waals surface area contributed by atoms with Crippen LogP contribution in [0.3, 0.4) is 0 Å². The van der Waals surface area contributed by atoms with Crippen molar-refractivity contribution in [3.05, 3.63) is 0 Å². The van der Waals surface area contributed by atoms with Gasteiger partial charge in [0.2, 0.25) is 4.93 Å². The zero-order valence-corrected chi connectivity index (χ0v) is 18.4. The van der Waals surface area contributed by atoms with Crippen molar-refractivity contribution in [1.82, 2.24) is 5.32 Å². The average Bonchev–Trinajstić information content (AvgIpc) is 3.09. The van der Waals surface area contributed by atoms with Crippen LogP contribution in [0.4, 0.5) is 4.79 Å². The number of methoxy groups -OCH3 is 1. The number of esters is 1. The number of aliphatic hydroxyl groups is 3. The van der Waals surface area contributed by atoms with Crippen molar-refractivity contribution in [2.75, 3.05) is 13.7 Å². The number of carbonyl (C=O) groups excluding carboxylic acids is 2. The van der Waals surface area contributed by atoms with Crippen LogP contribution in [0.1, 0.15) is 44.9 Å². The van der Waals surface area contributed by atoms with Crippen LogP contribution in [-0.4, -0.2) is 81.2 Å². The van der Waals surface area contributed by atoms with E-state index in [1.807, 2.05) is 0 Å². The summed E-state index contributed by atoms with van der Waals surface area (Å²) in [5.74, 6) is 1.40. The van der Waals surface area contributed by atoms with E-state index in [4.69, 9.17) is 14.2 Å². The summed E-state index contributed by atoms with van der Waals surface area (Å²) in [6.07, 6.45) is 1.41. The predicted octanol–water partition coefficient (Wildman–Crippen LogP) is 0.538. The minimum absolute atomic E-state index is 0.105. The summed E-state index contributed by atoms with van der Waals surface area (Å²) in [7, 11) is 1.30. The quantitative estimate of drug-likeness (QED) is 0.422. The summed E-state index contributed by atoms with van der Waals surface area (Å²) in [5.41, 5.74) is 0. The van der Waals surface area contributed by atoms with Gasteiger partial charge in [-0.25, -0.2) is 9.59 Å². The van der Waals surface area contributed by atoms with Gasteiger partial charge >= 0.3 is 12.1 Å². The molecule has 31 heavy (non-hydrogen) atoms. The molecule has 0 spiro atoms. The van der Waals surface area contributed by atoms with Gasteiger partial charge in [0.1, 0.15) is 24.4 Å². The molecule has 4 bridgehead atoms. The number of rotatable bonds is 6. The number of aliphatic hydroxyl groups excluding tert-OH is 3. The fourth-order valence-corrected chi connectivity index (χ4v) is 9.28. The second kappa shape index (κ2) is 7.76. The first kappa shape index (κ1) is 21.8. The van der Waals surface area contributed by atoms with Crippen LogP contribution in [0.15, 0.2) is 0 Å². The Balaban J connectivity index is 1.48. The monoisotopic (exact) mass is 457 g/mol. The molecule has 4 aliphatic carbocycles. The van der Waals surface area contributed by atoms with Crippen molar-refractivity contribution in [2.45, 2.75) is 85.1 Å². The van der Waals surface area contributed by atoms with E-state index in [-0.39, 0.29) is 11.2 Å². The number of alkyl carbamates (subject to hydrolysis) is 1. The fraction of sp³-hybridized carbons (Fsp3) is 0.905. The summed E-state index contributed by atoms with van der Waals surface area (Å²) in [4.78, 5) is 23.7. The van der Waals surface area contributed by atoms with Crippen molar-refractivity contribution in [3.63, 3.8) is 0 Å². The van der Waals surface area contributed by atoms with Crippen molar-refractivity contribution in [3.8, 4) is 0 Å². The third kappa shape index (κ3) is 3.64. The molecule has 0 aromatic carbocycles. The van der Waals surface area contributed by atoms with Crippen LogP contribution in [0.25, 0.3) is 0 Å². The maximum absolute atomic E-state index is 13.2. The topological polar surface area (TPSA) is 135 Å². The lowest BCUT2D eigenvalue weighted by Gasteiger charge is -2.58. The SMILES string of the molecule is COC(=O)[C@]1(SC23CC4CC(CC(C4)C2)C3)C[C@@H]2OC(=O)N[C@H]2[C@H]([C@H](O)[C@H](O)CO)O1. The van der Waals surface area contributed by atoms with E-state index in [1.165, 1.54) is 38.1 Å². The van der Waals surface area contributed by atoms with Crippen LogP contribution in [0.2, 0.25) is 0 Å². The highest BCUT2D eigenvalue weighted by Gasteiger charge is 2.63. The summed E-state index contributed by atoms with van der Waals surface area (Å²) >= 11 is 1.48. The molecule has 4 saturated carbocycles. The first-order valence-corrected chi connectivity index (χ1v) is 12.0. The lowest BCUT2D eigenvalue weighted by atomic mass is 9.56. The van der Waals surface area contributed by atoms with Crippen LogP contribution in [0, 0.1) is 17.8 Å². The molecule has 9 nitrogen and oxygen atoms in total. The van der Waals surface area contributed by atoms with Gasteiger partial charge in [0.25, 0.3) is 0 Å². The molecule has 2 aliphatic heterocycles. The molecular formula is C21H31NO8S. The van der Waals surface area contributed by atoms with Gasteiger partial charge in [-0.3, -0.25) is 0 Å². The van der Waals surface area contributed by atoms with Crippen molar-refractivity contribution in [2.24, 2.45) is 17.8 Å². The van der Waals surface area contributed by atoms with Crippen LogP contribution < -0.4 is 5.32 Å². The maximum Gasteiger partial charge on any atom is 0.407 e. The lowest BCUT2D eigenvalue weighted by molar-refractivity contribution is -0.199. The first-order chi connectivity index (χ1) is 14.8. The summed E-state index contributed by atoms with van der Waals surface area (Å²) in [6, 6.07) is -0.738.